The summed E-state index contributed by atoms with van der Waals surface area (Å²) in [5.41, 5.74) is 2.47. The van der Waals surface area contributed by atoms with Crippen LogP contribution in [-0.2, 0) is 0 Å². The van der Waals surface area contributed by atoms with E-state index in [1.807, 2.05) is 0 Å². The lowest BCUT2D eigenvalue weighted by Crippen LogP contribution is -1.62. The highest BCUT2D eigenvalue weighted by Gasteiger charge is 1.81. The normalized spacial score (nSPS) is 5.38. The standard InChI is InChI=1S/C6H4N2/c1-2-3-6(4-7)5-8/h2H,1H3. The molecule has 0 atom stereocenters. The Labute approximate surface area is 48.0 Å². The molecule has 2 heteroatoms. The fourth-order valence-corrected chi connectivity index (χ4v) is 0.234. The van der Waals surface area contributed by atoms with Crippen LogP contribution in [0, 0.1) is 22.7 Å². The molecule has 0 unspecified atom stereocenters. The molecule has 0 saturated heterocycles. The van der Waals surface area contributed by atoms with Gasteiger partial charge in [0.15, 0.2) is 5.57 Å². The minimum Gasteiger partial charge on any atom is -0.191 e. The quantitative estimate of drug-likeness (QED) is 0.341. The summed E-state index contributed by atoms with van der Waals surface area (Å²) in [6, 6.07) is 3.33. The predicted octanol–water partition coefficient (Wildman–Crippen LogP) is 1.13. The Morgan fingerprint density at radius 2 is 1.88 bits per heavy atom. The maximum atomic E-state index is 8.07. The lowest BCUT2D eigenvalue weighted by atomic mass is 10.3. The number of hydrogen-bond donors (Lipinski definition) is 0. The average molecular weight is 104 g/mol. The van der Waals surface area contributed by atoms with Crippen molar-refractivity contribution < 1.29 is 0 Å². The molecule has 38 valence electrons. The van der Waals surface area contributed by atoms with Gasteiger partial charge in [0.2, 0.25) is 0 Å². The fourth-order valence-electron chi connectivity index (χ4n) is 0.234. The third-order valence-corrected chi connectivity index (χ3v) is 0.512. The smallest absolute Gasteiger partial charge is 0.171 e. The zero-order valence-electron chi connectivity index (χ0n) is 4.47. The Morgan fingerprint density at radius 3 is 2.00 bits per heavy atom. The third kappa shape index (κ3) is 1.82. The van der Waals surface area contributed by atoms with Gasteiger partial charge in [-0.1, -0.05) is 5.73 Å². The lowest BCUT2D eigenvalue weighted by molar-refractivity contribution is 1.46. The van der Waals surface area contributed by atoms with Gasteiger partial charge in [-0.3, -0.25) is 0 Å². The highest BCUT2D eigenvalue weighted by molar-refractivity contribution is 5.33. The molecule has 0 radical (unpaired) electrons. The first-order chi connectivity index (χ1) is 3.85. The second kappa shape index (κ2) is 3.68. The molecule has 0 aromatic carbocycles. The van der Waals surface area contributed by atoms with Crippen molar-refractivity contribution in [2.75, 3.05) is 0 Å². The lowest BCUT2D eigenvalue weighted by Gasteiger charge is -1.63. The zero-order valence-corrected chi connectivity index (χ0v) is 4.47. The number of nitrogens with zero attached hydrogens (tertiary/aromatic N) is 2. The maximum absolute atomic E-state index is 8.07. The minimum absolute atomic E-state index is 0.0208. The summed E-state index contributed by atoms with van der Waals surface area (Å²) in [5.74, 6) is 0. The van der Waals surface area contributed by atoms with E-state index < -0.39 is 0 Å². The number of nitriles is 2. The third-order valence-electron chi connectivity index (χ3n) is 0.512. The molecular weight excluding hydrogens is 100 g/mol. The van der Waals surface area contributed by atoms with Crippen molar-refractivity contribution in [2.45, 2.75) is 6.92 Å². The molecule has 0 aliphatic rings. The molecule has 0 spiro atoms. The van der Waals surface area contributed by atoms with Crippen LogP contribution in [-0.4, -0.2) is 0 Å². The first-order valence-electron chi connectivity index (χ1n) is 2.06. The van der Waals surface area contributed by atoms with E-state index in [2.05, 4.69) is 5.73 Å². The first kappa shape index (κ1) is 6.50. The molecular formula is C6H4N2. The Morgan fingerprint density at radius 1 is 1.38 bits per heavy atom. The summed E-state index contributed by atoms with van der Waals surface area (Å²) in [7, 11) is 0. The molecule has 0 aliphatic heterocycles. The van der Waals surface area contributed by atoms with Crippen LogP contribution in [0.3, 0.4) is 0 Å². The largest absolute Gasteiger partial charge is 0.191 e. The Bertz CT molecular complexity index is 190. The summed E-state index contributed by atoms with van der Waals surface area (Å²) >= 11 is 0. The molecule has 0 aromatic heterocycles. The molecule has 0 amide bonds. The second-order valence-electron chi connectivity index (χ2n) is 1.03. The number of rotatable bonds is 0. The first-order valence-corrected chi connectivity index (χ1v) is 2.06. The zero-order chi connectivity index (χ0) is 6.41. The molecule has 0 bridgehead atoms. The van der Waals surface area contributed by atoms with Crippen molar-refractivity contribution in [2.24, 2.45) is 0 Å². The van der Waals surface area contributed by atoms with Crippen LogP contribution < -0.4 is 0 Å². The van der Waals surface area contributed by atoms with Crippen LogP contribution >= 0.6 is 0 Å². The predicted molar refractivity (Wildman–Crippen MR) is 28.5 cm³/mol. The van der Waals surface area contributed by atoms with Gasteiger partial charge in [0.25, 0.3) is 0 Å². The highest BCUT2D eigenvalue weighted by atomic mass is 14.3. The van der Waals surface area contributed by atoms with Gasteiger partial charge in [0.05, 0.1) is 0 Å². The monoisotopic (exact) mass is 104 g/mol. The molecule has 0 rings (SSSR count). The molecule has 0 heterocycles. The van der Waals surface area contributed by atoms with E-state index in [-0.39, 0.29) is 5.57 Å². The van der Waals surface area contributed by atoms with Crippen molar-refractivity contribution in [3.8, 4) is 12.1 Å². The molecule has 0 aromatic rings. The molecule has 0 N–H and O–H groups in total. The Balaban J connectivity index is 4.48. The van der Waals surface area contributed by atoms with Crippen molar-refractivity contribution in [3.63, 3.8) is 0 Å². The van der Waals surface area contributed by atoms with E-state index in [9.17, 15) is 0 Å². The van der Waals surface area contributed by atoms with E-state index in [1.54, 1.807) is 19.1 Å². The van der Waals surface area contributed by atoms with Crippen molar-refractivity contribution in [1.29, 1.82) is 10.5 Å². The van der Waals surface area contributed by atoms with Gasteiger partial charge in [0, 0.05) is 0 Å². The van der Waals surface area contributed by atoms with Crippen LogP contribution in [0.15, 0.2) is 17.4 Å². The van der Waals surface area contributed by atoms with Crippen molar-refractivity contribution >= 4 is 0 Å². The second-order valence-corrected chi connectivity index (χ2v) is 1.03. The molecule has 0 fully saturated rings. The van der Waals surface area contributed by atoms with Gasteiger partial charge < -0.3 is 0 Å². The van der Waals surface area contributed by atoms with Crippen LogP contribution in [0.25, 0.3) is 0 Å². The van der Waals surface area contributed by atoms with E-state index in [0.717, 1.165) is 0 Å². The van der Waals surface area contributed by atoms with E-state index in [0.29, 0.717) is 0 Å². The minimum atomic E-state index is 0.0208. The van der Waals surface area contributed by atoms with Crippen LogP contribution in [0.1, 0.15) is 6.92 Å². The van der Waals surface area contributed by atoms with Crippen LogP contribution in [0.5, 0.6) is 0 Å². The molecule has 0 aliphatic carbocycles. The molecule has 8 heavy (non-hydrogen) atoms. The van der Waals surface area contributed by atoms with Gasteiger partial charge in [-0.05, 0) is 13.0 Å². The summed E-state index contributed by atoms with van der Waals surface area (Å²) in [6.07, 6.45) is 1.53. The number of hydrogen-bond acceptors (Lipinski definition) is 2. The van der Waals surface area contributed by atoms with Crippen LogP contribution in [0.4, 0.5) is 0 Å². The highest BCUT2D eigenvalue weighted by Crippen LogP contribution is 1.81. The summed E-state index contributed by atoms with van der Waals surface area (Å²) < 4.78 is 0. The maximum Gasteiger partial charge on any atom is 0.171 e. The van der Waals surface area contributed by atoms with Gasteiger partial charge in [-0.15, -0.1) is 0 Å². The summed E-state index contributed by atoms with van der Waals surface area (Å²) in [5, 5.41) is 16.1. The summed E-state index contributed by atoms with van der Waals surface area (Å²) in [4.78, 5) is 0. The fraction of sp³-hybridized carbons (Fsp3) is 0.167. The van der Waals surface area contributed by atoms with Crippen molar-refractivity contribution in [1.82, 2.24) is 0 Å². The summed E-state index contributed by atoms with van der Waals surface area (Å²) in [6.45, 7) is 1.70. The Hall–Kier alpha value is -1.50. The molecule has 0 saturated carbocycles. The van der Waals surface area contributed by atoms with Crippen LogP contribution in [0.2, 0.25) is 0 Å². The SMILES string of the molecule is CC=C=C(C#N)C#N. The van der Waals surface area contributed by atoms with Crippen molar-refractivity contribution in [3.05, 3.63) is 17.4 Å². The van der Waals surface area contributed by atoms with Gasteiger partial charge in [-0.2, -0.15) is 10.5 Å². The van der Waals surface area contributed by atoms with E-state index in [4.69, 9.17) is 10.5 Å². The van der Waals surface area contributed by atoms with Gasteiger partial charge >= 0.3 is 0 Å². The van der Waals surface area contributed by atoms with Gasteiger partial charge in [0.1, 0.15) is 12.1 Å². The topological polar surface area (TPSA) is 47.6 Å². The van der Waals surface area contributed by atoms with E-state index in [1.165, 1.54) is 6.08 Å². The van der Waals surface area contributed by atoms with E-state index >= 15 is 0 Å². The molecule has 2 nitrogen and oxygen atoms in total. The van der Waals surface area contributed by atoms with Gasteiger partial charge in [-0.25, -0.2) is 0 Å². The average Bonchev–Trinajstić information content (AvgIpc) is 1.83. The number of allylic oxidation sites excluding steroid dienone is 1. The Kier molecular flexibility index (Phi) is 2.99.